The number of hydrogen-bond donors (Lipinski definition) is 1. The predicted octanol–water partition coefficient (Wildman–Crippen LogP) is 3.30. The topological polar surface area (TPSA) is 92.5 Å². The third-order valence-electron chi connectivity index (χ3n) is 5.00. The molecule has 0 spiro atoms. The lowest BCUT2D eigenvalue weighted by atomic mass is 9.98. The molecule has 1 amide bonds. The normalized spacial score (nSPS) is 14.1. The molecule has 2 unspecified atom stereocenters. The van der Waals surface area contributed by atoms with Gasteiger partial charge in [0.1, 0.15) is 5.76 Å². The first-order valence-corrected chi connectivity index (χ1v) is 10.9. The smallest absolute Gasteiger partial charge is 0.243 e. The lowest BCUT2D eigenvalue weighted by molar-refractivity contribution is -0.122. The van der Waals surface area contributed by atoms with E-state index in [2.05, 4.69) is 10.5 Å². The summed E-state index contributed by atoms with van der Waals surface area (Å²) in [4.78, 5) is 12.9. The minimum Gasteiger partial charge on any atom is -0.361 e. The minimum atomic E-state index is -3.49. The first-order valence-electron chi connectivity index (χ1n) is 9.46. The van der Waals surface area contributed by atoms with Gasteiger partial charge in [-0.3, -0.25) is 4.79 Å². The van der Waals surface area contributed by atoms with Gasteiger partial charge in [0.15, 0.2) is 0 Å². The molecule has 154 valence electrons. The number of nitrogens with one attached hydrogen (secondary N) is 1. The summed E-state index contributed by atoms with van der Waals surface area (Å²) in [6.07, 6.45) is 0. The van der Waals surface area contributed by atoms with E-state index in [0.29, 0.717) is 24.5 Å². The van der Waals surface area contributed by atoms with Crippen molar-refractivity contribution in [2.75, 3.05) is 13.1 Å². The van der Waals surface area contributed by atoms with E-state index in [-0.39, 0.29) is 16.8 Å². The number of benzene rings is 1. The number of aromatic nitrogens is 1. The third kappa shape index (κ3) is 4.44. The number of aryl methyl sites for hydroxylation is 2. The van der Waals surface area contributed by atoms with Gasteiger partial charge in [-0.1, -0.05) is 31.1 Å². The maximum atomic E-state index is 12.6. The average molecular weight is 408 g/mol. The molecule has 7 nitrogen and oxygen atoms in total. The van der Waals surface area contributed by atoms with Crippen molar-refractivity contribution in [2.45, 2.75) is 58.4 Å². The van der Waals surface area contributed by atoms with Crippen LogP contribution < -0.4 is 5.32 Å². The van der Waals surface area contributed by atoms with E-state index in [1.165, 1.54) is 4.31 Å². The standard InChI is InChI=1S/C20H29N3O4S/c1-7-23(8-2)28(25,26)18-11-9-17(10-12-18)14(4)21-20(24)13(3)19-15(5)22-27-16(19)6/h9-14H,7-8H2,1-6H3,(H,21,24). The van der Waals surface area contributed by atoms with Crippen molar-refractivity contribution in [3.63, 3.8) is 0 Å². The summed E-state index contributed by atoms with van der Waals surface area (Å²) < 4.78 is 31.7. The monoisotopic (exact) mass is 407 g/mol. The minimum absolute atomic E-state index is 0.137. The Labute approximate surface area is 167 Å². The van der Waals surface area contributed by atoms with Crippen LogP contribution in [0.4, 0.5) is 0 Å². The number of rotatable bonds is 8. The van der Waals surface area contributed by atoms with Gasteiger partial charge in [0.05, 0.1) is 22.5 Å². The van der Waals surface area contributed by atoms with Crippen LogP contribution in [0.1, 0.15) is 62.2 Å². The van der Waals surface area contributed by atoms with Crippen LogP contribution in [-0.4, -0.2) is 36.9 Å². The molecule has 1 N–H and O–H groups in total. The van der Waals surface area contributed by atoms with Crippen LogP contribution in [0.2, 0.25) is 0 Å². The summed E-state index contributed by atoms with van der Waals surface area (Å²) in [6.45, 7) is 11.8. The zero-order valence-corrected chi connectivity index (χ0v) is 18.1. The Morgan fingerprint density at radius 2 is 1.71 bits per heavy atom. The molecular formula is C20H29N3O4S. The molecular weight excluding hydrogens is 378 g/mol. The molecule has 0 radical (unpaired) electrons. The van der Waals surface area contributed by atoms with Crippen molar-refractivity contribution in [2.24, 2.45) is 0 Å². The molecule has 2 aromatic rings. The molecule has 28 heavy (non-hydrogen) atoms. The highest BCUT2D eigenvalue weighted by atomic mass is 32.2. The molecule has 2 rings (SSSR count). The number of sulfonamides is 1. The van der Waals surface area contributed by atoms with Gasteiger partial charge in [-0.25, -0.2) is 8.42 Å². The Morgan fingerprint density at radius 1 is 1.14 bits per heavy atom. The van der Waals surface area contributed by atoms with E-state index in [1.54, 1.807) is 31.2 Å². The molecule has 0 bridgehead atoms. The summed E-state index contributed by atoms with van der Waals surface area (Å²) in [6, 6.07) is 6.39. The van der Waals surface area contributed by atoms with Crippen molar-refractivity contribution in [3.05, 3.63) is 46.8 Å². The third-order valence-corrected chi connectivity index (χ3v) is 7.06. The Kier molecular flexibility index (Phi) is 7.01. The summed E-state index contributed by atoms with van der Waals surface area (Å²) >= 11 is 0. The maximum absolute atomic E-state index is 12.6. The number of carbonyl (C=O) groups excluding carboxylic acids is 1. The Bertz CT molecular complexity index is 896. The molecule has 0 aliphatic heterocycles. The fraction of sp³-hybridized carbons (Fsp3) is 0.500. The van der Waals surface area contributed by atoms with Crippen LogP contribution in [0.15, 0.2) is 33.7 Å². The van der Waals surface area contributed by atoms with E-state index in [0.717, 1.165) is 11.1 Å². The average Bonchev–Trinajstić information content (AvgIpc) is 3.00. The van der Waals surface area contributed by atoms with Crippen molar-refractivity contribution in [1.82, 2.24) is 14.8 Å². The molecule has 0 aliphatic carbocycles. The summed E-state index contributed by atoms with van der Waals surface area (Å²) in [5.74, 6) is 0.108. The number of amides is 1. The predicted molar refractivity (Wildman–Crippen MR) is 107 cm³/mol. The van der Waals surface area contributed by atoms with Crippen molar-refractivity contribution < 1.29 is 17.7 Å². The highest BCUT2D eigenvalue weighted by Gasteiger charge is 2.25. The van der Waals surface area contributed by atoms with E-state index in [9.17, 15) is 13.2 Å². The highest BCUT2D eigenvalue weighted by molar-refractivity contribution is 7.89. The number of hydrogen-bond acceptors (Lipinski definition) is 5. The van der Waals surface area contributed by atoms with Crippen LogP contribution >= 0.6 is 0 Å². The molecule has 0 saturated carbocycles. The van der Waals surface area contributed by atoms with Gasteiger partial charge >= 0.3 is 0 Å². The molecule has 1 heterocycles. The zero-order valence-electron chi connectivity index (χ0n) is 17.3. The van der Waals surface area contributed by atoms with E-state index in [1.807, 2.05) is 34.6 Å². The molecule has 2 atom stereocenters. The van der Waals surface area contributed by atoms with Crippen LogP contribution in [0, 0.1) is 13.8 Å². The zero-order chi connectivity index (χ0) is 21.1. The summed E-state index contributed by atoms with van der Waals surface area (Å²) in [5, 5.41) is 6.88. The molecule has 8 heteroatoms. The van der Waals surface area contributed by atoms with Crippen molar-refractivity contribution in [3.8, 4) is 0 Å². The second kappa shape index (κ2) is 8.87. The van der Waals surface area contributed by atoms with Gasteiger partial charge < -0.3 is 9.84 Å². The van der Waals surface area contributed by atoms with Crippen LogP contribution in [0.3, 0.4) is 0 Å². The van der Waals surface area contributed by atoms with Gasteiger partial charge in [-0.15, -0.1) is 0 Å². The summed E-state index contributed by atoms with van der Waals surface area (Å²) in [7, 11) is -3.49. The van der Waals surface area contributed by atoms with Gasteiger partial charge in [0.25, 0.3) is 0 Å². The maximum Gasteiger partial charge on any atom is 0.243 e. The molecule has 1 aromatic heterocycles. The van der Waals surface area contributed by atoms with Crippen LogP contribution in [0.5, 0.6) is 0 Å². The molecule has 0 aliphatic rings. The van der Waals surface area contributed by atoms with E-state index < -0.39 is 15.9 Å². The van der Waals surface area contributed by atoms with Gasteiger partial charge in [0, 0.05) is 18.7 Å². The summed E-state index contributed by atoms with van der Waals surface area (Å²) in [5.41, 5.74) is 2.34. The largest absolute Gasteiger partial charge is 0.361 e. The SMILES string of the molecule is CCN(CC)S(=O)(=O)c1ccc(C(C)NC(=O)C(C)c2c(C)noc2C)cc1. The number of carbonyl (C=O) groups is 1. The van der Waals surface area contributed by atoms with Crippen molar-refractivity contribution in [1.29, 1.82) is 0 Å². The molecule has 0 saturated heterocycles. The fourth-order valence-electron chi connectivity index (χ4n) is 3.30. The second-order valence-electron chi connectivity index (χ2n) is 6.85. The fourth-order valence-corrected chi connectivity index (χ4v) is 4.76. The van der Waals surface area contributed by atoms with E-state index in [4.69, 9.17) is 4.52 Å². The van der Waals surface area contributed by atoms with Gasteiger partial charge in [0.2, 0.25) is 15.9 Å². The Hall–Kier alpha value is -2.19. The Balaban J connectivity index is 2.13. The van der Waals surface area contributed by atoms with Gasteiger partial charge in [-0.2, -0.15) is 4.31 Å². The first kappa shape index (κ1) is 22.1. The molecule has 0 fully saturated rings. The van der Waals surface area contributed by atoms with Gasteiger partial charge in [-0.05, 0) is 45.4 Å². The first-order chi connectivity index (χ1) is 13.1. The quantitative estimate of drug-likeness (QED) is 0.725. The molecule has 1 aromatic carbocycles. The van der Waals surface area contributed by atoms with Crippen molar-refractivity contribution >= 4 is 15.9 Å². The highest BCUT2D eigenvalue weighted by Crippen LogP contribution is 2.25. The lowest BCUT2D eigenvalue weighted by Crippen LogP contribution is -2.31. The lowest BCUT2D eigenvalue weighted by Gasteiger charge is -2.20. The second-order valence-corrected chi connectivity index (χ2v) is 8.79. The van der Waals surface area contributed by atoms with Crippen LogP contribution in [0.25, 0.3) is 0 Å². The number of nitrogens with zero attached hydrogens (tertiary/aromatic N) is 2. The van der Waals surface area contributed by atoms with E-state index >= 15 is 0 Å². The Morgan fingerprint density at radius 3 is 2.18 bits per heavy atom. The van der Waals surface area contributed by atoms with Crippen LogP contribution in [-0.2, 0) is 14.8 Å².